The van der Waals surface area contributed by atoms with Gasteiger partial charge in [-0.25, -0.2) is 8.78 Å². The van der Waals surface area contributed by atoms with Crippen molar-refractivity contribution in [1.29, 1.82) is 0 Å². The molecule has 3 aromatic carbocycles. The Balaban J connectivity index is 1.78. The summed E-state index contributed by atoms with van der Waals surface area (Å²) in [6, 6.07) is 12.0. The standard InChI is InChI=1S/C26H24ClF2NO5/c1-3-33-22(31)12-15-9-10-20(19(27)11-15)30-13-18-23(26(30)32)25(34-4-2)17-8-6-5-7-16(17)24(18)35-14-21(28)29/h5-11,21H,3-4,12-14H2,1-2H3. The van der Waals surface area contributed by atoms with E-state index in [9.17, 15) is 18.4 Å². The van der Waals surface area contributed by atoms with Crippen molar-refractivity contribution < 1.29 is 32.6 Å². The summed E-state index contributed by atoms with van der Waals surface area (Å²) in [5, 5.41) is 1.45. The first-order valence-electron chi connectivity index (χ1n) is 11.2. The molecule has 184 valence electrons. The first-order valence-corrected chi connectivity index (χ1v) is 11.6. The fourth-order valence-electron chi connectivity index (χ4n) is 4.23. The van der Waals surface area contributed by atoms with E-state index in [1.54, 1.807) is 56.3 Å². The maximum atomic E-state index is 13.6. The smallest absolute Gasteiger partial charge is 0.310 e. The van der Waals surface area contributed by atoms with Crippen LogP contribution in [0.15, 0.2) is 42.5 Å². The Kier molecular flexibility index (Phi) is 7.40. The van der Waals surface area contributed by atoms with Gasteiger partial charge in [0.15, 0.2) is 0 Å². The second-order valence-corrected chi connectivity index (χ2v) is 8.26. The highest BCUT2D eigenvalue weighted by Crippen LogP contribution is 2.47. The molecule has 0 saturated heterocycles. The van der Waals surface area contributed by atoms with Gasteiger partial charge in [0.05, 0.1) is 42.5 Å². The van der Waals surface area contributed by atoms with Gasteiger partial charge in [0, 0.05) is 16.3 Å². The van der Waals surface area contributed by atoms with Crippen molar-refractivity contribution in [3.63, 3.8) is 0 Å². The van der Waals surface area contributed by atoms with Crippen LogP contribution in [0.2, 0.25) is 5.02 Å². The number of amides is 1. The number of fused-ring (bicyclic) bond motifs is 2. The number of hydrogen-bond donors (Lipinski definition) is 0. The number of hydrogen-bond acceptors (Lipinski definition) is 5. The zero-order valence-corrected chi connectivity index (χ0v) is 20.0. The first kappa shape index (κ1) is 24.7. The predicted octanol–water partition coefficient (Wildman–Crippen LogP) is 5.80. The van der Waals surface area contributed by atoms with Crippen LogP contribution in [0.3, 0.4) is 0 Å². The Morgan fingerprint density at radius 1 is 1.06 bits per heavy atom. The fraction of sp³-hybridized carbons (Fsp3) is 0.308. The molecule has 35 heavy (non-hydrogen) atoms. The molecule has 4 rings (SSSR count). The lowest BCUT2D eigenvalue weighted by atomic mass is 9.99. The molecule has 0 aromatic heterocycles. The summed E-state index contributed by atoms with van der Waals surface area (Å²) in [6.07, 6.45) is -2.63. The molecule has 0 aliphatic carbocycles. The second-order valence-electron chi connectivity index (χ2n) is 7.85. The van der Waals surface area contributed by atoms with E-state index in [1.807, 2.05) is 0 Å². The van der Waals surface area contributed by atoms with Crippen LogP contribution in [0.1, 0.15) is 35.3 Å². The predicted molar refractivity (Wildman–Crippen MR) is 129 cm³/mol. The van der Waals surface area contributed by atoms with Crippen LogP contribution in [-0.4, -0.2) is 38.1 Å². The van der Waals surface area contributed by atoms with Crippen LogP contribution in [-0.2, 0) is 22.5 Å². The summed E-state index contributed by atoms with van der Waals surface area (Å²) in [7, 11) is 0. The van der Waals surface area contributed by atoms with Crippen molar-refractivity contribution in [1.82, 2.24) is 0 Å². The van der Waals surface area contributed by atoms with E-state index in [0.29, 0.717) is 39.9 Å². The molecule has 0 atom stereocenters. The molecule has 1 aliphatic rings. The van der Waals surface area contributed by atoms with Crippen LogP contribution in [0.4, 0.5) is 14.5 Å². The SMILES string of the molecule is CCOC(=O)Cc1ccc(N2Cc3c(c(OCC)c4ccccc4c3OCC(F)F)C2=O)c(Cl)c1. The number of esters is 1. The van der Waals surface area contributed by atoms with E-state index in [4.69, 9.17) is 25.8 Å². The maximum Gasteiger partial charge on any atom is 0.310 e. The largest absolute Gasteiger partial charge is 0.492 e. The molecule has 3 aromatic rings. The number of nitrogens with zero attached hydrogens (tertiary/aromatic N) is 1. The molecule has 0 unspecified atom stereocenters. The summed E-state index contributed by atoms with van der Waals surface area (Å²) in [6.45, 7) is 3.38. The molecule has 0 fully saturated rings. The lowest BCUT2D eigenvalue weighted by Crippen LogP contribution is -2.23. The molecule has 0 saturated carbocycles. The van der Waals surface area contributed by atoms with Crippen LogP contribution in [0.5, 0.6) is 11.5 Å². The second kappa shape index (κ2) is 10.5. The highest BCUT2D eigenvalue weighted by atomic mass is 35.5. The number of ether oxygens (including phenoxy) is 3. The Bertz CT molecular complexity index is 1280. The van der Waals surface area contributed by atoms with Gasteiger partial charge in [-0.1, -0.05) is 41.9 Å². The maximum absolute atomic E-state index is 13.6. The summed E-state index contributed by atoms with van der Waals surface area (Å²) in [5.74, 6) is -0.152. The summed E-state index contributed by atoms with van der Waals surface area (Å²) in [4.78, 5) is 26.9. The van der Waals surface area contributed by atoms with E-state index < -0.39 is 13.0 Å². The van der Waals surface area contributed by atoms with Gasteiger partial charge in [0.2, 0.25) is 0 Å². The average Bonchev–Trinajstić information content (AvgIpc) is 3.15. The van der Waals surface area contributed by atoms with Gasteiger partial charge >= 0.3 is 5.97 Å². The number of alkyl halides is 2. The normalized spacial score (nSPS) is 12.9. The highest BCUT2D eigenvalue weighted by Gasteiger charge is 2.37. The molecular formula is C26H24ClF2NO5. The zero-order valence-electron chi connectivity index (χ0n) is 19.3. The lowest BCUT2D eigenvalue weighted by Gasteiger charge is -2.18. The molecule has 0 N–H and O–H groups in total. The van der Waals surface area contributed by atoms with Gasteiger partial charge in [-0.3, -0.25) is 9.59 Å². The van der Waals surface area contributed by atoms with Gasteiger partial charge in [-0.2, -0.15) is 0 Å². The van der Waals surface area contributed by atoms with E-state index in [1.165, 1.54) is 4.90 Å². The third-order valence-electron chi connectivity index (χ3n) is 5.59. The van der Waals surface area contributed by atoms with Crippen molar-refractivity contribution in [3.05, 3.63) is 64.2 Å². The van der Waals surface area contributed by atoms with Crippen LogP contribution >= 0.6 is 11.6 Å². The molecule has 0 radical (unpaired) electrons. The van der Waals surface area contributed by atoms with Crippen molar-refractivity contribution >= 4 is 39.9 Å². The van der Waals surface area contributed by atoms with Crippen LogP contribution in [0.25, 0.3) is 10.8 Å². The van der Waals surface area contributed by atoms with Gasteiger partial charge < -0.3 is 19.1 Å². The van der Waals surface area contributed by atoms with Crippen LogP contribution < -0.4 is 14.4 Å². The van der Waals surface area contributed by atoms with Crippen molar-refractivity contribution in [2.24, 2.45) is 0 Å². The van der Waals surface area contributed by atoms with Crippen molar-refractivity contribution in [2.75, 3.05) is 24.7 Å². The molecular weight excluding hydrogens is 480 g/mol. The van der Waals surface area contributed by atoms with Gasteiger partial charge in [0.25, 0.3) is 12.3 Å². The monoisotopic (exact) mass is 503 g/mol. The first-order chi connectivity index (χ1) is 16.8. The number of rotatable bonds is 9. The number of carbonyl (C=O) groups excluding carboxylic acids is 2. The number of anilines is 1. The van der Waals surface area contributed by atoms with E-state index >= 15 is 0 Å². The van der Waals surface area contributed by atoms with Gasteiger partial charge in [-0.15, -0.1) is 0 Å². The quantitative estimate of drug-likeness (QED) is 0.345. The Hall–Kier alpha value is -3.39. The molecule has 0 spiro atoms. The Morgan fingerprint density at radius 3 is 2.40 bits per heavy atom. The molecule has 1 heterocycles. The molecule has 6 nitrogen and oxygen atoms in total. The molecule has 9 heteroatoms. The average molecular weight is 504 g/mol. The molecule has 1 aliphatic heterocycles. The minimum Gasteiger partial charge on any atom is -0.492 e. The third-order valence-corrected chi connectivity index (χ3v) is 5.90. The van der Waals surface area contributed by atoms with Crippen molar-refractivity contribution in [2.45, 2.75) is 33.2 Å². The van der Waals surface area contributed by atoms with Crippen LogP contribution in [0, 0.1) is 0 Å². The zero-order chi connectivity index (χ0) is 25.1. The van der Waals surface area contributed by atoms with Crippen molar-refractivity contribution in [3.8, 4) is 11.5 Å². The van der Waals surface area contributed by atoms with E-state index in [2.05, 4.69) is 0 Å². The topological polar surface area (TPSA) is 65.1 Å². The molecule has 1 amide bonds. The van der Waals surface area contributed by atoms with Gasteiger partial charge in [0.1, 0.15) is 18.1 Å². The minimum atomic E-state index is -2.68. The highest BCUT2D eigenvalue weighted by molar-refractivity contribution is 6.34. The number of carbonyl (C=O) groups is 2. The fourth-order valence-corrected chi connectivity index (χ4v) is 4.53. The summed E-state index contributed by atoms with van der Waals surface area (Å²) >= 11 is 6.52. The Labute approximate surface area is 206 Å². The van der Waals surface area contributed by atoms with E-state index in [-0.39, 0.29) is 47.8 Å². The lowest BCUT2D eigenvalue weighted by molar-refractivity contribution is -0.142. The summed E-state index contributed by atoms with van der Waals surface area (Å²) < 4.78 is 42.5. The van der Waals surface area contributed by atoms with Gasteiger partial charge in [-0.05, 0) is 31.5 Å². The third kappa shape index (κ3) is 4.89. The number of benzene rings is 3. The summed E-state index contributed by atoms with van der Waals surface area (Å²) in [5.41, 5.74) is 1.79. The van der Waals surface area contributed by atoms with E-state index in [0.717, 1.165) is 0 Å². The molecule has 0 bridgehead atoms. The minimum absolute atomic E-state index is 0.0491. The number of halogens is 3. The Morgan fingerprint density at radius 2 is 1.77 bits per heavy atom.